The van der Waals surface area contributed by atoms with Crippen LogP contribution in [0.4, 0.5) is 4.79 Å². The van der Waals surface area contributed by atoms with E-state index >= 15 is 0 Å². The molecule has 0 amide bonds. The second-order valence-electron chi connectivity index (χ2n) is 11.6. The van der Waals surface area contributed by atoms with Crippen molar-refractivity contribution >= 4 is 18.1 Å². The minimum absolute atomic E-state index is 0.0228. The van der Waals surface area contributed by atoms with Gasteiger partial charge in [-0.1, -0.05) is 54.4 Å². The zero-order chi connectivity index (χ0) is 28.1. The van der Waals surface area contributed by atoms with Crippen molar-refractivity contribution in [3.05, 3.63) is 0 Å². The molecule has 2 rings (SSSR count). The number of aliphatic hydroxyl groups excluding tert-OH is 2. The maximum absolute atomic E-state index is 11.6. The first-order valence-electron chi connectivity index (χ1n) is 13.9. The van der Waals surface area contributed by atoms with Gasteiger partial charge < -0.3 is 29.5 Å². The number of carboxylic acid groups (broad SMARTS) is 1. The van der Waals surface area contributed by atoms with E-state index < -0.39 is 24.8 Å². The van der Waals surface area contributed by atoms with Gasteiger partial charge in [0.25, 0.3) is 0 Å². The van der Waals surface area contributed by atoms with Crippen molar-refractivity contribution in [3.63, 3.8) is 0 Å². The van der Waals surface area contributed by atoms with Crippen LogP contribution in [0.5, 0.6) is 0 Å². The average molecular weight is 531 g/mol. The normalized spacial score (nSPS) is 28.6. The summed E-state index contributed by atoms with van der Waals surface area (Å²) >= 11 is 0. The molecule has 7 unspecified atom stereocenters. The van der Waals surface area contributed by atoms with Crippen LogP contribution in [0.3, 0.4) is 0 Å². The molecule has 0 saturated heterocycles. The Kier molecular flexibility index (Phi) is 15.1. The topological polar surface area (TPSA) is 140 Å². The molecule has 0 heterocycles. The van der Waals surface area contributed by atoms with E-state index in [0.29, 0.717) is 35.5 Å². The second kappa shape index (κ2) is 16.9. The second-order valence-corrected chi connectivity index (χ2v) is 11.6. The van der Waals surface area contributed by atoms with Gasteiger partial charge >= 0.3 is 18.1 Å². The molecular formula is C28H50O9. The summed E-state index contributed by atoms with van der Waals surface area (Å²) in [6.07, 6.45) is 4.17. The largest absolute Gasteiger partial charge is 0.508 e. The summed E-state index contributed by atoms with van der Waals surface area (Å²) in [5, 5.41) is 26.3. The molecule has 0 bridgehead atoms. The molecule has 0 aromatic carbocycles. The van der Waals surface area contributed by atoms with Gasteiger partial charge in [-0.05, 0) is 61.2 Å². The molecule has 3 N–H and O–H groups in total. The molecule has 0 aromatic rings. The lowest BCUT2D eigenvalue weighted by atomic mass is 9.75. The van der Waals surface area contributed by atoms with E-state index in [1.54, 1.807) is 0 Å². The Hall–Kier alpha value is -1.87. The van der Waals surface area contributed by atoms with E-state index in [2.05, 4.69) is 41.5 Å². The van der Waals surface area contributed by atoms with Crippen LogP contribution >= 0.6 is 0 Å². The van der Waals surface area contributed by atoms with Crippen molar-refractivity contribution in [2.75, 3.05) is 13.2 Å². The Morgan fingerprint density at radius 2 is 1.30 bits per heavy atom. The first-order valence-corrected chi connectivity index (χ1v) is 13.9. The van der Waals surface area contributed by atoms with Gasteiger partial charge in [0.2, 0.25) is 0 Å². The summed E-state index contributed by atoms with van der Waals surface area (Å²) in [6.45, 7) is 12.3. The third kappa shape index (κ3) is 13.0. The predicted molar refractivity (Wildman–Crippen MR) is 139 cm³/mol. The van der Waals surface area contributed by atoms with Crippen molar-refractivity contribution in [2.45, 2.75) is 111 Å². The van der Waals surface area contributed by atoms with E-state index in [0.717, 1.165) is 25.7 Å². The van der Waals surface area contributed by atoms with E-state index in [4.69, 9.17) is 29.5 Å². The van der Waals surface area contributed by atoms with Gasteiger partial charge in [0.1, 0.15) is 24.9 Å². The third-order valence-corrected chi connectivity index (χ3v) is 7.60. The molecule has 2 fully saturated rings. The first-order chi connectivity index (χ1) is 17.3. The summed E-state index contributed by atoms with van der Waals surface area (Å²) < 4.78 is 15.7. The number of carbonyl (C=O) groups is 3. The van der Waals surface area contributed by atoms with Crippen molar-refractivity contribution in [3.8, 4) is 0 Å². The molecule has 7 atom stereocenters. The molecule has 0 aliphatic heterocycles. The van der Waals surface area contributed by atoms with Crippen molar-refractivity contribution in [1.82, 2.24) is 0 Å². The number of aliphatic carboxylic acids is 1. The number of esters is 1. The van der Waals surface area contributed by atoms with Crippen molar-refractivity contribution in [2.24, 2.45) is 35.5 Å². The van der Waals surface area contributed by atoms with E-state index in [9.17, 15) is 14.4 Å². The van der Waals surface area contributed by atoms with Crippen LogP contribution in [0.2, 0.25) is 0 Å². The van der Waals surface area contributed by atoms with Crippen molar-refractivity contribution < 1.29 is 43.9 Å². The molecule has 37 heavy (non-hydrogen) atoms. The maximum atomic E-state index is 11.6. The third-order valence-electron chi connectivity index (χ3n) is 7.60. The Morgan fingerprint density at radius 1 is 0.811 bits per heavy atom. The average Bonchev–Trinajstić information content (AvgIpc) is 2.81. The Bertz CT molecular complexity index is 693. The predicted octanol–water partition coefficient (Wildman–Crippen LogP) is 4.81. The first kappa shape index (κ1) is 33.2. The molecule has 0 aromatic heterocycles. The number of hydrogen-bond donors (Lipinski definition) is 3. The van der Waals surface area contributed by atoms with E-state index in [1.807, 2.05) is 0 Å². The Morgan fingerprint density at radius 3 is 1.73 bits per heavy atom. The van der Waals surface area contributed by atoms with Crippen LogP contribution < -0.4 is 0 Å². The van der Waals surface area contributed by atoms with Crippen LogP contribution in [0.25, 0.3) is 0 Å². The molecule has 216 valence electrons. The summed E-state index contributed by atoms with van der Waals surface area (Å²) in [6, 6.07) is 0. The van der Waals surface area contributed by atoms with Gasteiger partial charge in [-0.15, -0.1) is 0 Å². The smallest absolute Gasteiger partial charge is 0.481 e. The quantitative estimate of drug-likeness (QED) is 0.339. The molecule has 9 heteroatoms. The zero-order valence-corrected chi connectivity index (χ0v) is 23.6. The fourth-order valence-corrected chi connectivity index (χ4v) is 5.31. The fraction of sp³-hybridized carbons (Fsp3) is 0.893. The van der Waals surface area contributed by atoms with Crippen molar-refractivity contribution in [1.29, 1.82) is 0 Å². The summed E-state index contributed by atoms with van der Waals surface area (Å²) in [4.78, 5) is 33.6. The molecule has 0 radical (unpaired) electrons. The Labute approximate surface area is 222 Å². The lowest BCUT2D eigenvalue weighted by molar-refractivity contribution is -0.158. The number of carbonyl (C=O) groups excluding carboxylic acids is 2. The van der Waals surface area contributed by atoms with Crippen LogP contribution in [0, 0.1) is 35.5 Å². The van der Waals surface area contributed by atoms with E-state index in [-0.39, 0.29) is 37.6 Å². The molecule has 0 spiro atoms. The standard InChI is InChI=1S/C14H26O5.C14H24O4/c1-9(2)12-5-4-10(3)6-13(12)19-14(17)18-8-11(16)7-15;1-9(2)11-5-4-10(3)8-12(11)18-14(17)7-6-13(15)16/h9-13,15-16H,4-8H2,1-3H3;9-12H,4-8H2,1-3H3,(H,15,16). The number of ether oxygens (including phenoxy) is 3. The highest BCUT2D eigenvalue weighted by Crippen LogP contribution is 2.36. The van der Waals surface area contributed by atoms with Crippen LogP contribution in [0.15, 0.2) is 0 Å². The minimum Gasteiger partial charge on any atom is -0.481 e. The SMILES string of the molecule is CC1CCC(C(C)C)C(OC(=O)CCC(=O)O)C1.CC1CCC(C(C)C)C(OC(=O)OCC(O)CO)C1. The maximum Gasteiger partial charge on any atom is 0.508 e. The van der Waals surface area contributed by atoms with Gasteiger partial charge in [0, 0.05) is 0 Å². The summed E-state index contributed by atoms with van der Waals surface area (Å²) in [5.41, 5.74) is 0. The number of rotatable bonds is 10. The summed E-state index contributed by atoms with van der Waals surface area (Å²) in [5.74, 6) is 1.55. The van der Waals surface area contributed by atoms with E-state index in [1.165, 1.54) is 12.8 Å². The zero-order valence-electron chi connectivity index (χ0n) is 23.6. The fourth-order valence-electron chi connectivity index (χ4n) is 5.31. The number of hydrogen-bond acceptors (Lipinski definition) is 8. The van der Waals surface area contributed by atoms with Crippen LogP contribution in [0.1, 0.15) is 92.9 Å². The minimum atomic E-state index is -1.04. The van der Waals surface area contributed by atoms with Gasteiger partial charge in [-0.2, -0.15) is 0 Å². The van der Waals surface area contributed by atoms with Gasteiger partial charge in [-0.25, -0.2) is 4.79 Å². The highest BCUT2D eigenvalue weighted by atomic mass is 16.7. The monoisotopic (exact) mass is 530 g/mol. The van der Waals surface area contributed by atoms with Crippen LogP contribution in [-0.4, -0.2) is 64.9 Å². The van der Waals surface area contributed by atoms with Gasteiger partial charge in [0.05, 0.1) is 19.4 Å². The molecule has 2 saturated carbocycles. The van der Waals surface area contributed by atoms with Gasteiger partial charge in [-0.3, -0.25) is 9.59 Å². The van der Waals surface area contributed by atoms with Crippen LogP contribution in [-0.2, 0) is 23.8 Å². The highest BCUT2D eigenvalue weighted by molar-refractivity contribution is 5.76. The lowest BCUT2D eigenvalue weighted by Gasteiger charge is -2.36. The summed E-state index contributed by atoms with van der Waals surface area (Å²) in [7, 11) is 0. The number of carboxylic acids is 1. The lowest BCUT2D eigenvalue weighted by Crippen LogP contribution is -2.36. The number of aliphatic hydroxyl groups is 2. The Balaban J connectivity index is 0.000000371. The molecule has 2 aliphatic carbocycles. The molecular weight excluding hydrogens is 480 g/mol. The van der Waals surface area contributed by atoms with Gasteiger partial charge in [0.15, 0.2) is 0 Å². The molecule has 9 nitrogen and oxygen atoms in total. The highest BCUT2D eigenvalue weighted by Gasteiger charge is 2.34. The molecule has 2 aliphatic rings.